The quantitative estimate of drug-likeness (QED) is 0.582. The molecule has 0 bridgehead atoms. The largest absolute Gasteiger partial charge is 0.494 e. The summed E-state index contributed by atoms with van der Waals surface area (Å²) >= 11 is 0. The number of amides is 1. The number of piperidine rings is 1. The van der Waals surface area contributed by atoms with Crippen molar-refractivity contribution in [1.29, 1.82) is 0 Å². The summed E-state index contributed by atoms with van der Waals surface area (Å²) in [6.07, 6.45) is 5.90. The third kappa shape index (κ3) is 4.96. The van der Waals surface area contributed by atoms with Gasteiger partial charge in [0.25, 0.3) is 15.9 Å². The van der Waals surface area contributed by atoms with Crippen LogP contribution in [0.5, 0.6) is 5.75 Å². The number of nitrogens with one attached hydrogen (secondary N) is 1. The van der Waals surface area contributed by atoms with Crippen molar-refractivity contribution in [2.24, 2.45) is 0 Å². The Balaban J connectivity index is 1.42. The second-order valence-electron chi connectivity index (χ2n) is 7.74. The van der Waals surface area contributed by atoms with Crippen LogP contribution in [0.2, 0.25) is 0 Å². The standard InChI is InChI=1S/C24H27N3O4S/c1-2-31-22-8-10-23(11-9-22)32(29,30)25-20-7-5-6-19(18-20)24(28)27-16-12-21(13-17-27)26-14-3-4-15-26/h3-11,14-15,18,21,25H,2,12-13,16-17H2,1H3. The molecule has 0 spiro atoms. The third-order valence-electron chi connectivity index (χ3n) is 5.61. The lowest BCUT2D eigenvalue weighted by molar-refractivity contribution is 0.0694. The lowest BCUT2D eigenvalue weighted by Gasteiger charge is -2.33. The normalized spacial score (nSPS) is 14.8. The van der Waals surface area contributed by atoms with E-state index in [-0.39, 0.29) is 10.8 Å². The van der Waals surface area contributed by atoms with Gasteiger partial charge in [-0.05, 0) is 74.4 Å². The van der Waals surface area contributed by atoms with E-state index in [0.717, 1.165) is 12.8 Å². The van der Waals surface area contributed by atoms with Gasteiger partial charge in [0.15, 0.2) is 0 Å². The summed E-state index contributed by atoms with van der Waals surface area (Å²) in [4.78, 5) is 15.0. The van der Waals surface area contributed by atoms with Gasteiger partial charge >= 0.3 is 0 Å². The second-order valence-corrected chi connectivity index (χ2v) is 9.43. The zero-order valence-corrected chi connectivity index (χ0v) is 18.8. The lowest BCUT2D eigenvalue weighted by atomic mass is 10.0. The molecule has 0 saturated carbocycles. The number of anilines is 1. The number of carbonyl (C=O) groups is 1. The molecule has 1 N–H and O–H groups in total. The fraction of sp³-hybridized carbons (Fsp3) is 0.292. The molecule has 0 atom stereocenters. The molecule has 0 aliphatic carbocycles. The van der Waals surface area contributed by atoms with Gasteiger partial charge in [-0.2, -0.15) is 0 Å². The van der Waals surface area contributed by atoms with Gasteiger partial charge in [0.2, 0.25) is 0 Å². The lowest BCUT2D eigenvalue weighted by Crippen LogP contribution is -2.38. The molecule has 2 heterocycles. The third-order valence-corrected chi connectivity index (χ3v) is 7.00. The molecule has 1 amide bonds. The van der Waals surface area contributed by atoms with Crippen molar-refractivity contribution in [3.63, 3.8) is 0 Å². The second kappa shape index (κ2) is 9.48. The number of nitrogens with zero attached hydrogens (tertiary/aromatic N) is 2. The Morgan fingerprint density at radius 2 is 1.72 bits per heavy atom. The summed E-state index contributed by atoms with van der Waals surface area (Å²) in [5, 5.41) is 0. The Labute approximate surface area is 188 Å². The maximum atomic E-state index is 13.0. The van der Waals surface area contributed by atoms with Gasteiger partial charge in [-0.3, -0.25) is 9.52 Å². The number of likely N-dealkylation sites (tertiary alicyclic amines) is 1. The SMILES string of the molecule is CCOc1ccc(S(=O)(=O)Nc2cccc(C(=O)N3CCC(n4cccc4)CC3)c2)cc1. The zero-order valence-electron chi connectivity index (χ0n) is 18.0. The maximum Gasteiger partial charge on any atom is 0.261 e. The van der Waals surface area contributed by atoms with Crippen molar-refractivity contribution >= 4 is 21.6 Å². The minimum absolute atomic E-state index is 0.0851. The average molecular weight is 454 g/mol. The molecule has 1 aliphatic heterocycles. The number of aromatic nitrogens is 1. The van der Waals surface area contributed by atoms with Gasteiger partial charge in [-0.15, -0.1) is 0 Å². The molecule has 2 aromatic carbocycles. The topological polar surface area (TPSA) is 80.6 Å². The van der Waals surface area contributed by atoms with Crippen molar-refractivity contribution in [3.05, 3.63) is 78.6 Å². The summed E-state index contributed by atoms with van der Waals surface area (Å²) in [7, 11) is -3.78. The van der Waals surface area contributed by atoms with Crippen molar-refractivity contribution in [2.75, 3.05) is 24.4 Å². The van der Waals surface area contributed by atoms with Crippen molar-refractivity contribution in [2.45, 2.75) is 30.7 Å². The zero-order chi connectivity index (χ0) is 22.6. The van der Waals surface area contributed by atoms with E-state index in [0.29, 0.717) is 42.7 Å². The smallest absolute Gasteiger partial charge is 0.261 e. The number of carbonyl (C=O) groups excluding carboxylic acids is 1. The molecular formula is C24H27N3O4S. The highest BCUT2D eigenvalue weighted by Crippen LogP contribution is 2.25. The summed E-state index contributed by atoms with van der Waals surface area (Å²) in [6, 6.07) is 17.3. The van der Waals surface area contributed by atoms with Gasteiger partial charge in [0.05, 0.1) is 11.5 Å². The molecule has 7 nitrogen and oxygen atoms in total. The number of benzene rings is 2. The highest BCUT2D eigenvalue weighted by Gasteiger charge is 2.24. The Morgan fingerprint density at radius 3 is 2.38 bits per heavy atom. The molecule has 1 aromatic heterocycles. The molecule has 1 saturated heterocycles. The van der Waals surface area contributed by atoms with Gasteiger partial charge in [-0.25, -0.2) is 8.42 Å². The van der Waals surface area contributed by atoms with Gasteiger partial charge in [0.1, 0.15) is 5.75 Å². The van der Waals surface area contributed by atoms with Crippen LogP contribution in [0, 0.1) is 0 Å². The fourth-order valence-corrected chi connectivity index (χ4v) is 5.00. The van der Waals surface area contributed by atoms with Gasteiger partial charge in [-0.1, -0.05) is 6.07 Å². The monoisotopic (exact) mass is 453 g/mol. The van der Waals surface area contributed by atoms with Crippen molar-refractivity contribution in [3.8, 4) is 5.75 Å². The predicted octanol–water partition coefficient (Wildman–Crippen LogP) is 4.16. The van der Waals surface area contributed by atoms with Crippen LogP contribution in [0.1, 0.15) is 36.2 Å². The first kappa shape index (κ1) is 22.0. The molecule has 168 valence electrons. The number of sulfonamides is 1. The van der Waals surface area contributed by atoms with Crippen LogP contribution in [0.15, 0.2) is 78.0 Å². The van der Waals surface area contributed by atoms with E-state index < -0.39 is 10.0 Å². The van der Waals surface area contributed by atoms with Crippen LogP contribution >= 0.6 is 0 Å². The molecule has 8 heteroatoms. The van der Waals surface area contributed by atoms with Crippen LogP contribution in [-0.4, -0.2) is 43.5 Å². The molecule has 32 heavy (non-hydrogen) atoms. The van der Waals surface area contributed by atoms with Crippen LogP contribution in [0.4, 0.5) is 5.69 Å². The van der Waals surface area contributed by atoms with Gasteiger partial charge in [0, 0.05) is 42.8 Å². The summed E-state index contributed by atoms with van der Waals surface area (Å²) in [5.74, 6) is 0.526. The molecule has 1 aliphatic rings. The molecule has 0 radical (unpaired) electrons. The Kier molecular flexibility index (Phi) is 6.50. The summed E-state index contributed by atoms with van der Waals surface area (Å²) in [6.45, 7) is 3.72. The summed E-state index contributed by atoms with van der Waals surface area (Å²) in [5.41, 5.74) is 0.822. The minimum Gasteiger partial charge on any atom is -0.494 e. The van der Waals surface area contributed by atoms with E-state index in [4.69, 9.17) is 4.74 Å². The van der Waals surface area contributed by atoms with E-state index in [2.05, 4.69) is 21.7 Å². The van der Waals surface area contributed by atoms with E-state index in [1.807, 2.05) is 24.0 Å². The summed E-state index contributed by atoms with van der Waals surface area (Å²) < 4.78 is 35.6. The number of rotatable bonds is 7. The average Bonchev–Trinajstić information content (AvgIpc) is 3.34. The first-order valence-corrected chi connectivity index (χ1v) is 12.2. The molecule has 4 rings (SSSR count). The fourth-order valence-electron chi connectivity index (χ4n) is 3.95. The van der Waals surface area contributed by atoms with E-state index in [1.165, 1.54) is 12.1 Å². The van der Waals surface area contributed by atoms with Crippen LogP contribution in [0.25, 0.3) is 0 Å². The van der Waals surface area contributed by atoms with Crippen LogP contribution in [0.3, 0.4) is 0 Å². The molecule has 1 fully saturated rings. The van der Waals surface area contributed by atoms with Crippen LogP contribution < -0.4 is 9.46 Å². The van der Waals surface area contributed by atoms with Crippen molar-refractivity contribution in [1.82, 2.24) is 9.47 Å². The van der Waals surface area contributed by atoms with Crippen molar-refractivity contribution < 1.29 is 17.9 Å². The minimum atomic E-state index is -3.78. The molecule has 0 unspecified atom stereocenters. The van der Waals surface area contributed by atoms with Crippen LogP contribution in [-0.2, 0) is 10.0 Å². The Hall–Kier alpha value is -3.26. The van der Waals surface area contributed by atoms with E-state index in [1.54, 1.807) is 36.4 Å². The van der Waals surface area contributed by atoms with E-state index in [9.17, 15) is 13.2 Å². The number of ether oxygens (including phenoxy) is 1. The Bertz CT molecular complexity index is 1150. The molecular weight excluding hydrogens is 426 g/mol. The number of hydrogen-bond donors (Lipinski definition) is 1. The first-order chi connectivity index (χ1) is 15.5. The number of hydrogen-bond acceptors (Lipinski definition) is 4. The first-order valence-electron chi connectivity index (χ1n) is 10.7. The predicted molar refractivity (Wildman–Crippen MR) is 123 cm³/mol. The highest BCUT2D eigenvalue weighted by molar-refractivity contribution is 7.92. The van der Waals surface area contributed by atoms with Gasteiger partial charge < -0.3 is 14.2 Å². The van der Waals surface area contributed by atoms with E-state index >= 15 is 0 Å². The molecule has 3 aromatic rings. The maximum absolute atomic E-state index is 13.0. The Morgan fingerprint density at radius 1 is 1.03 bits per heavy atom. The highest BCUT2D eigenvalue weighted by atomic mass is 32.2.